The standard InChI is InChI=1S/C17H16N4O2S/c22-15(18-10-9-13-6-2-1-3-7-13)12-24-16-19-14-8-4-5-11-21(14)17(23)20-16/h1-8,11H,9-10,12H2,(H,18,22). The summed E-state index contributed by atoms with van der Waals surface area (Å²) in [5.74, 6) is 0.0739. The van der Waals surface area contributed by atoms with Crippen LogP contribution in [0.2, 0.25) is 0 Å². The van der Waals surface area contributed by atoms with E-state index in [2.05, 4.69) is 15.3 Å². The number of nitrogens with one attached hydrogen (secondary N) is 1. The summed E-state index contributed by atoms with van der Waals surface area (Å²) in [6, 6.07) is 15.2. The summed E-state index contributed by atoms with van der Waals surface area (Å²) in [5.41, 5.74) is 1.30. The first-order chi connectivity index (χ1) is 11.7. The molecule has 0 bridgehead atoms. The number of amides is 1. The number of aromatic nitrogens is 3. The van der Waals surface area contributed by atoms with Crippen molar-refractivity contribution in [3.8, 4) is 0 Å². The molecule has 1 aromatic carbocycles. The van der Waals surface area contributed by atoms with E-state index in [1.165, 1.54) is 9.96 Å². The van der Waals surface area contributed by atoms with Crippen molar-refractivity contribution in [1.82, 2.24) is 19.7 Å². The Morgan fingerprint density at radius 3 is 2.71 bits per heavy atom. The molecule has 1 amide bonds. The Morgan fingerprint density at radius 1 is 1.08 bits per heavy atom. The lowest BCUT2D eigenvalue weighted by molar-refractivity contribution is -0.118. The highest BCUT2D eigenvalue weighted by molar-refractivity contribution is 7.99. The number of carbonyl (C=O) groups excluding carboxylic acids is 1. The third kappa shape index (κ3) is 4.20. The molecule has 2 heterocycles. The molecular formula is C17H16N4O2S. The average molecular weight is 340 g/mol. The van der Waals surface area contributed by atoms with Crippen LogP contribution in [0.5, 0.6) is 0 Å². The Morgan fingerprint density at radius 2 is 1.88 bits per heavy atom. The summed E-state index contributed by atoms with van der Waals surface area (Å²) >= 11 is 1.16. The van der Waals surface area contributed by atoms with Crippen molar-refractivity contribution in [3.63, 3.8) is 0 Å². The van der Waals surface area contributed by atoms with Crippen LogP contribution in [-0.4, -0.2) is 32.6 Å². The topological polar surface area (TPSA) is 76.4 Å². The van der Waals surface area contributed by atoms with E-state index in [-0.39, 0.29) is 11.7 Å². The minimum Gasteiger partial charge on any atom is -0.355 e. The molecule has 0 aliphatic carbocycles. The third-order valence-corrected chi connectivity index (χ3v) is 4.20. The lowest BCUT2D eigenvalue weighted by Gasteiger charge is -2.05. The van der Waals surface area contributed by atoms with E-state index >= 15 is 0 Å². The zero-order valence-electron chi connectivity index (χ0n) is 12.9. The summed E-state index contributed by atoms with van der Waals surface area (Å²) in [7, 11) is 0. The monoisotopic (exact) mass is 340 g/mol. The quantitative estimate of drug-likeness (QED) is 0.689. The molecule has 1 N–H and O–H groups in total. The zero-order valence-corrected chi connectivity index (χ0v) is 13.7. The van der Waals surface area contributed by atoms with Crippen LogP contribution in [-0.2, 0) is 11.2 Å². The van der Waals surface area contributed by atoms with Crippen LogP contribution in [0.15, 0.2) is 64.7 Å². The van der Waals surface area contributed by atoms with Gasteiger partial charge in [-0.3, -0.25) is 9.20 Å². The molecule has 0 aliphatic heterocycles. The maximum Gasteiger partial charge on any atom is 0.355 e. The predicted molar refractivity (Wildman–Crippen MR) is 93.1 cm³/mol. The van der Waals surface area contributed by atoms with Crippen LogP contribution in [0.25, 0.3) is 5.65 Å². The number of nitrogens with zero attached hydrogens (tertiary/aromatic N) is 3. The highest BCUT2D eigenvalue weighted by Gasteiger charge is 2.07. The van der Waals surface area contributed by atoms with Crippen molar-refractivity contribution in [3.05, 3.63) is 70.8 Å². The van der Waals surface area contributed by atoms with Gasteiger partial charge in [-0.15, -0.1) is 0 Å². The Kier molecular flexibility index (Phi) is 5.22. The van der Waals surface area contributed by atoms with Gasteiger partial charge in [0.2, 0.25) is 5.91 Å². The van der Waals surface area contributed by atoms with Gasteiger partial charge in [0.1, 0.15) is 5.65 Å². The van der Waals surface area contributed by atoms with E-state index in [1.807, 2.05) is 30.3 Å². The molecule has 6 nitrogen and oxygen atoms in total. The second-order valence-corrected chi connectivity index (χ2v) is 6.03. The number of hydrogen-bond donors (Lipinski definition) is 1. The van der Waals surface area contributed by atoms with E-state index in [0.717, 1.165) is 18.2 Å². The summed E-state index contributed by atoms with van der Waals surface area (Å²) in [5, 5.41) is 3.16. The van der Waals surface area contributed by atoms with E-state index in [9.17, 15) is 9.59 Å². The van der Waals surface area contributed by atoms with Crippen molar-refractivity contribution in [1.29, 1.82) is 0 Å². The fourth-order valence-corrected chi connectivity index (χ4v) is 2.85. The van der Waals surface area contributed by atoms with Crippen LogP contribution < -0.4 is 11.0 Å². The van der Waals surface area contributed by atoms with Gasteiger partial charge in [0.25, 0.3) is 0 Å². The summed E-state index contributed by atoms with van der Waals surface area (Å²) in [6.45, 7) is 0.574. The maximum absolute atomic E-state index is 11.9. The van der Waals surface area contributed by atoms with Crippen LogP contribution in [0.4, 0.5) is 0 Å². The summed E-state index contributed by atoms with van der Waals surface area (Å²) in [6.07, 6.45) is 2.40. The number of thioether (sulfide) groups is 1. The van der Waals surface area contributed by atoms with E-state index in [0.29, 0.717) is 17.3 Å². The molecule has 3 rings (SSSR count). The van der Waals surface area contributed by atoms with Crippen molar-refractivity contribution in [2.24, 2.45) is 0 Å². The molecule has 122 valence electrons. The smallest absolute Gasteiger partial charge is 0.355 e. The highest BCUT2D eigenvalue weighted by atomic mass is 32.2. The van der Waals surface area contributed by atoms with Gasteiger partial charge in [0, 0.05) is 12.7 Å². The number of hydrogen-bond acceptors (Lipinski definition) is 5. The molecule has 0 saturated carbocycles. The first-order valence-electron chi connectivity index (χ1n) is 7.51. The van der Waals surface area contributed by atoms with Gasteiger partial charge in [0.15, 0.2) is 5.16 Å². The Hall–Kier alpha value is -2.67. The van der Waals surface area contributed by atoms with Crippen molar-refractivity contribution in [2.75, 3.05) is 12.3 Å². The van der Waals surface area contributed by atoms with Crippen molar-refractivity contribution >= 4 is 23.3 Å². The molecule has 0 saturated heterocycles. The van der Waals surface area contributed by atoms with Crippen LogP contribution in [0.1, 0.15) is 5.56 Å². The van der Waals surface area contributed by atoms with E-state index in [1.54, 1.807) is 24.4 Å². The molecule has 0 radical (unpaired) electrons. The molecule has 3 aromatic rings. The molecule has 0 atom stereocenters. The zero-order chi connectivity index (χ0) is 16.8. The molecule has 7 heteroatoms. The second-order valence-electron chi connectivity index (χ2n) is 5.09. The largest absolute Gasteiger partial charge is 0.355 e. The van der Waals surface area contributed by atoms with Gasteiger partial charge in [-0.1, -0.05) is 48.2 Å². The van der Waals surface area contributed by atoms with Crippen LogP contribution >= 0.6 is 11.8 Å². The first kappa shape index (κ1) is 16.2. The fraction of sp³-hybridized carbons (Fsp3) is 0.176. The number of rotatable bonds is 6. The fourth-order valence-electron chi connectivity index (χ4n) is 2.18. The van der Waals surface area contributed by atoms with Gasteiger partial charge in [-0.05, 0) is 24.1 Å². The number of pyridine rings is 1. The van der Waals surface area contributed by atoms with E-state index in [4.69, 9.17) is 0 Å². The highest BCUT2D eigenvalue weighted by Crippen LogP contribution is 2.11. The predicted octanol–water partition coefficient (Wildman–Crippen LogP) is 1.54. The van der Waals surface area contributed by atoms with Crippen molar-refractivity contribution < 1.29 is 4.79 Å². The van der Waals surface area contributed by atoms with Crippen LogP contribution in [0, 0.1) is 0 Å². The molecular weight excluding hydrogens is 324 g/mol. The van der Waals surface area contributed by atoms with Gasteiger partial charge in [-0.2, -0.15) is 4.98 Å². The Labute approximate surface area is 143 Å². The molecule has 0 unspecified atom stereocenters. The molecule has 0 spiro atoms. The molecule has 0 fully saturated rings. The normalized spacial score (nSPS) is 10.7. The lowest BCUT2D eigenvalue weighted by Crippen LogP contribution is -2.27. The van der Waals surface area contributed by atoms with E-state index < -0.39 is 5.69 Å². The molecule has 0 aliphatic rings. The van der Waals surface area contributed by atoms with Gasteiger partial charge >= 0.3 is 5.69 Å². The second kappa shape index (κ2) is 7.74. The maximum atomic E-state index is 11.9. The van der Waals surface area contributed by atoms with Crippen molar-refractivity contribution in [2.45, 2.75) is 11.6 Å². The number of carbonyl (C=O) groups is 1. The van der Waals surface area contributed by atoms with Crippen LogP contribution in [0.3, 0.4) is 0 Å². The first-order valence-corrected chi connectivity index (χ1v) is 8.50. The summed E-state index contributed by atoms with van der Waals surface area (Å²) < 4.78 is 1.37. The number of benzene rings is 1. The number of fused-ring (bicyclic) bond motifs is 1. The molecule has 24 heavy (non-hydrogen) atoms. The minimum absolute atomic E-state index is 0.104. The third-order valence-electron chi connectivity index (χ3n) is 3.36. The van der Waals surface area contributed by atoms with Gasteiger partial charge in [0.05, 0.1) is 5.75 Å². The Balaban J connectivity index is 1.52. The molecule has 2 aromatic heterocycles. The van der Waals surface area contributed by atoms with Gasteiger partial charge < -0.3 is 5.32 Å². The summed E-state index contributed by atoms with van der Waals surface area (Å²) in [4.78, 5) is 31.9. The SMILES string of the molecule is O=C(CSc1nc(=O)n2ccccc2n1)NCCc1ccccc1. The minimum atomic E-state index is -0.396. The average Bonchev–Trinajstić information content (AvgIpc) is 2.61. The lowest BCUT2D eigenvalue weighted by atomic mass is 10.1. The Bertz CT molecular complexity index is 896. The van der Waals surface area contributed by atoms with Gasteiger partial charge in [-0.25, -0.2) is 9.78 Å².